The molecule has 33 heavy (non-hydrogen) atoms. The van der Waals surface area contributed by atoms with Crippen molar-refractivity contribution in [2.75, 3.05) is 24.2 Å². The average Bonchev–Trinajstić information content (AvgIpc) is 3.01. The van der Waals surface area contributed by atoms with Gasteiger partial charge in [-0.3, -0.25) is 14.4 Å². The van der Waals surface area contributed by atoms with Crippen LogP contribution in [0, 0.1) is 6.92 Å². The van der Waals surface area contributed by atoms with Gasteiger partial charge in [-0.15, -0.1) is 0 Å². The van der Waals surface area contributed by atoms with Crippen LogP contribution in [0.25, 0.3) is 17.0 Å². The van der Waals surface area contributed by atoms with Crippen molar-refractivity contribution < 1.29 is 18.8 Å². The standard InChI is InChI=1S/C24H25N5O4/c1-14-17-6-4-5-7-20(17)33-21(14)13-29(3)22(31)9-8-16-10-18-23(26-11-16)28-24(32)19(12-25-18)27-15(2)30/h4-11,19,25H,12-13H2,1-3H3,(H,27,30)(H,26,28,32)/b9-8+. The van der Waals surface area contributed by atoms with Gasteiger partial charge in [0.1, 0.15) is 17.4 Å². The molecule has 170 valence electrons. The van der Waals surface area contributed by atoms with E-state index in [9.17, 15) is 14.4 Å². The molecule has 0 saturated heterocycles. The van der Waals surface area contributed by atoms with Crippen LogP contribution < -0.4 is 16.0 Å². The number of amides is 3. The van der Waals surface area contributed by atoms with Crippen molar-refractivity contribution in [1.29, 1.82) is 0 Å². The summed E-state index contributed by atoms with van der Waals surface area (Å²) in [5.74, 6) is 0.302. The Hall–Kier alpha value is -4.14. The molecule has 1 aliphatic heterocycles. The van der Waals surface area contributed by atoms with Crippen molar-refractivity contribution in [2.45, 2.75) is 26.4 Å². The number of likely N-dealkylation sites (N-methyl/N-ethyl adjacent to an activating group) is 1. The van der Waals surface area contributed by atoms with E-state index in [2.05, 4.69) is 20.9 Å². The minimum absolute atomic E-state index is 0.184. The highest BCUT2D eigenvalue weighted by atomic mass is 16.3. The van der Waals surface area contributed by atoms with E-state index in [4.69, 9.17) is 4.42 Å². The highest BCUT2D eigenvalue weighted by molar-refractivity contribution is 6.00. The molecule has 2 aromatic heterocycles. The van der Waals surface area contributed by atoms with Crippen LogP contribution in [0.1, 0.15) is 23.8 Å². The van der Waals surface area contributed by atoms with Crippen LogP contribution in [-0.2, 0) is 20.9 Å². The zero-order chi connectivity index (χ0) is 23.5. The Morgan fingerprint density at radius 2 is 2.12 bits per heavy atom. The van der Waals surface area contributed by atoms with Gasteiger partial charge < -0.3 is 25.3 Å². The maximum Gasteiger partial charge on any atom is 0.249 e. The van der Waals surface area contributed by atoms with E-state index >= 15 is 0 Å². The maximum atomic E-state index is 12.6. The van der Waals surface area contributed by atoms with Crippen molar-refractivity contribution in [3.63, 3.8) is 0 Å². The van der Waals surface area contributed by atoms with E-state index in [1.165, 1.54) is 13.0 Å². The van der Waals surface area contributed by atoms with Gasteiger partial charge in [0.25, 0.3) is 0 Å². The number of benzene rings is 1. The van der Waals surface area contributed by atoms with Gasteiger partial charge in [-0.05, 0) is 30.7 Å². The summed E-state index contributed by atoms with van der Waals surface area (Å²) in [6.45, 7) is 3.92. The van der Waals surface area contributed by atoms with Crippen LogP contribution in [0.5, 0.6) is 0 Å². The molecule has 0 bridgehead atoms. The van der Waals surface area contributed by atoms with Gasteiger partial charge in [0.15, 0.2) is 5.82 Å². The molecular weight excluding hydrogens is 422 g/mol. The summed E-state index contributed by atoms with van der Waals surface area (Å²) in [6.07, 6.45) is 4.70. The summed E-state index contributed by atoms with van der Waals surface area (Å²) in [5.41, 5.74) is 3.12. The van der Waals surface area contributed by atoms with E-state index in [-0.39, 0.29) is 24.3 Å². The summed E-state index contributed by atoms with van der Waals surface area (Å²) >= 11 is 0. The molecule has 3 heterocycles. The van der Waals surface area contributed by atoms with Gasteiger partial charge in [-0.2, -0.15) is 0 Å². The molecule has 1 aromatic carbocycles. The second-order valence-corrected chi connectivity index (χ2v) is 7.96. The first-order valence-electron chi connectivity index (χ1n) is 10.5. The summed E-state index contributed by atoms with van der Waals surface area (Å²) < 4.78 is 5.90. The molecule has 3 amide bonds. The quantitative estimate of drug-likeness (QED) is 0.518. The highest BCUT2D eigenvalue weighted by Crippen LogP contribution is 2.26. The fourth-order valence-corrected chi connectivity index (χ4v) is 3.64. The Morgan fingerprint density at radius 3 is 2.88 bits per heavy atom. The lowest BCUT2D eigenvalue weighted by Crippen LogP contribution is -2.45. The average molecular weight is 447 g/mol. The first-order valence-corrected chi connectivity index (χ1v) is 10.5. The van der Waals surface area contributed by atoms with Crippen LogP contribution in [0.2, 0.25) is 0 Å². The summed E-state index contributed by atoms with van der Waals surface area (Å²) in [4.78, 5) is 42.0. The Labute approximate surface area is 190 Å². The number of aromatic nitrogens is 1. The maximum absolute atomic E-state index is 12.6. The minimum atomic E-state index is -0.701. The molecule has 0 spiro atoms. The Morgan fingerprint density at radius 1 is 1.33 bits per heavy atom. The number of pyridine rings is 1. The Kier molecular flexibility index (Phi) is 6.12. The third kappa shape index (κ3) is 4.87. The lowest BCUT2D eigenvalue weighted by atomic mass is 10.1. The van der Waals surface area contributed by atoms with Gasteiger partial charge in [-0.1, -0.05) is 18.2 Å². The number of carbonyl (C=O) groups is 3. The van der Waals surface area contributed by atoms with E-state index in [1.54, 1.807) is 30.3 Å². The van der Waals surface area contributed by atoms with Crippen molar-refractivity contribution >= 4 is 46.3 Å². The van der Waals surface area contributed by atoms with Gasteiger partial charge in [0, 0.05) is 43.7 Å². The molecular formula is C24H25N5O4. The number of hydrogen-bond donors (Lipinski definition) is 3. The monoisotopic (exact) mass is 447 g/mol. The number of hydrogen-bond acceptors (Lipinski definition) is 6. The third-order valence-corrected chi connectivity index (χ3v) is 5.46. The molecule has 1 atom stereocenters. The molecule has 0 fully saturated rings. The summed E-state index contributed by atoms with van der Waals surface area (Å²) in [7, 11) is 1.72. The minimum Gasteiger partial charge on any atom is -0.459 e. The lowest BCUT2D eigenvalue weighted by molar-refractivity contribution is -0.125. The largest absolute Gasteiger partial charge is 0.459 e. The first-order chi connectivity index (χ1) is 15.8. The normalized spacial score (nSPS) is 15.5. The number of nitrogens with one attached hydrogen (secondary N) is 3. The Bertz CT molecular complexity index is 1260. The molecule has 1 aliphatic rings. The van der Waals surface area contributed by atoms with E-state index < -0.39 is 6.04 Å². The smallest absolute Gasteiger partial charge is 0.249 e. The molecule has 4 rings (SSSR count). The topological polar surface area (TPSA) is 117 Å². The molecule has 9 heteroatoms. The van der Waals surface area contributed by atoms with Crippen LogP contribution >= 0.6 is 0 Å². The van der Waals surface area contributed by atoms with Gasteiger partial charge in [0.2, 0.25) is 17.7 Å². The predicted molar refractivity (Wildman–Crippen MR) is 125 cm³/mol. The zero-order valence-electron chi connectivity index (χ0n) is 18.6. The van der Waals surface area contributed by atoms with Crippen molar-refractivity contribution in [3.05, 3.63) is 59.5 Å². The lowest BCUT2D eigenvalue weighted by Gasteiger charge is -2.14. The second kappa shape index (κ2) is 9.15. The number of fused-ring (bicyclic) bond motifs is 2. The number of aryl methyl sites for hydroxylation is 1. The SMILES string of the molecule is CC(=O)NC1CNc2cc(/C=C/C(=O)N(C)Cc3oc4ccccc4c3C)cnc2NC1=O. The van der Waals surface area contributed by atoms with Crippen LogP contribution in [-0.4, -0.2) is 47.2 Å². The Balaban J connectivity index is 1.43. The van der Waals surface area contributed by atoms with Crippen molar-refractivity contribution in [1.82, 2.24) is 15.2 Å². The highest BCUT2D eigenvalue weighted by Gasteiger charge is 2.24. The van der Waals surface area contributed by atoms with E-state index in [0.29, 0.717) is 23.6 Å². The molecule has 0 radical (unpaired) electrons. The van der Waals surface area contributed by atoms with Gasteiger partial charge >= 0.3 is 0 Å². The first kappa shape index (κ1) is 22.1. The zero-order valence-corrected chi connectivity index (χ0v) is 18.6. The number of anilines is 2. The third-order valence-electron chi connectivity index (χ3n) is 5.46. The summed E-state index contributed by atoms with van der Waals surface area (Å²) in [6, 6.07) is 8.87. The van der Waals surface area contributed by atoms with E-state index in [1.807, 2.05) is 31.2 Å². The van der Waals surface area contributed by atoms with Crippen LogP contribution in [0.3, 0.4) is 0 Å². The van der Waals surface area contributed by atoms with Crippen LogP contribution in [0.15, 0.2) is 47.0 Å². The van der Waals surface area contributed by atoms with Gasteiger partial charge in [0.05, 0.1) is 12.2 Å². The van der Waals surface area contributed by atoms with Crippen LogP contribution in [0.4, 0.5) is 11.5 Å². The number of furan rings is 1. The summed E-state index contributed by atoms with van der Waals surface area (Å²) in [5, 5.41) is 9.44. The molecule has 9 nitrogen and oxygen atoms in total. The van der Waals surface area contributed by atoms with E-state index in [0.717, 1.165) is 22.3 Å². The molecule has 0 aliphatic carbocycles. The number of para-hydroxylation sites is 1. The number of rotatable bonds is 5. The van der Waals surface area contributed by atoms with Gasteiger partial charge in [-0.25, -0.2) is 4.98 Å². The molecule has 3 N–H and O–H groups in total. The number of nitrogens with zero attached hydrogens (tertiary/aromatic N) is 2. The van der Waals surface area contributed by atoms with Crippen molar-refractivity contribution in [2.24, 2.45) is 0 Å². The predicted octanol–water partition coefficient (Wildman–Crippen LogP) is 2.68. The molecule has 1 unspecified atom stereocenters. The number of carbonyl (C=O) groups excluding carboxylic acids is 3. The second-order valence-electron chi connectivity index (χ2n) is 7.96. The molecule has 0 saturated carbocycles. The fraction of sp³-hybridized carbons (Fsp3) is 0.250. The van der Waals surface area contributed by atoms with Crippen molar-refractivity contribution in [3.8, 4) is 0 Å². The fourth-order valence-electron chi connectivity index (χ4n) is 3.64. The molecule has 3 aromatic rings.